The van der Waals surface area contributed by atoms with Crippen LogP contribution in [0.5, 0.6) is 0 Å². The molecular formula is C27H26N10. The summed E-state index contributed by atoms with van der Waals surface area (Å²) in [6, 6.07) is 23.5. The van der Waals surface area contributed by atoms with E-state index in [1.54, 1.807) is 37.7 Å². The van der Waals surface area contributed by atoms with Gasteiger partial charge in [0.1, 0.15) is 0 Å². The summed E-state index contributed by atoms with van der Waals surface area (Å²) in [5.74, 6) is 0. The molecule has 184 valence electrons. The largest absolute Gasteiger partial charge is 0.345 e. The first kappa shape index (κ1) is 24.7. The molecule has 0 fully saturated rings. The lowest BCUT2D eigenvalue weighted by Gasteiger charge is -1.81. The quantitative estimate of drug-likeness (QED) is 0.216. The third-order valence-electron chi connectivity index (χ3n) is 5.04. The number of nitrogens with one attached hydrogen (secondary N) is 4. The van der Waals surface area contributed by atoms with Crippen molar-refractivity contribution in [2.24, 2.45) is 0 Å². The highest BCUT2D eigenvalue weighted by Gasteiger charge is 1.91. The van der Waals surface area contributed by atoms with Gasteiger partial charge in [0, 0.05) is 12.4 Å². The van der Waals surface area contributed by atoms with Gasteiger partial charge in [-0.2, -0.15) is 0 Å². The van der Waals surface area contributed by atoms with E-state index in [1.165, 1.54) is 0 Å². The maximum absolute atomic E-state index is 4.06. The van der Waals surface area contributed by atoms with E-state index in [9.17, 15) is 0 Å². The minimum absolute atomic E-state index is 0. The molecule has 0 bridgehead atoms. The van der Waals surface area contributed by atoms with E-state index < -0.39 is 0 Å². The van der Waals surface area contributed by atoms with Gasteiger partial charge in [0.2, 0.25) is 0 Å². The second kappa shape index (κ2) is 12.4. The molecule has 0 saturated heterocycles. The molecule has 0 aliphatic heterocycles. The van der Waals surface area contributed by atoms with Crippen molar-refractivity contribution in [3.05, 3.63) is 110 Å². The maximum Gasteiger partial charge on any atom is 0.177 e. The highest BCUT2D eigenvalue weighted by Crippen LogP contribution is 2.06. The summed E-state index contributed by atoms with van der Waals surface area (Å²) < 4.78 is 0. The summed E-state index contributed by atoms with van der Waals surface area (Å²) in [7, 11) is 0. The molecule has 6 aromatic heterocycles. The highest BCUT2D eigenvalue weighted by atomic mass is 14.9. The summed E-state index contributed by atoms with van der Waals surface area (Å²) in [5, 5.41) is 0. The standard InChI is InChI=1S/2C7H6N2.2C6H5N3.CH4/c2*1-2-4-7-6(3-1)8-5-9-7;2*1-2-5-6(7-3-1)9-4-8-5;/h2*1-5H,(H,8,9);2*1-4H,(H,7,8,9);1H4. The van der Waals surface area contributed by atoms with E-state index >= 15 is 0 Å². The van der Waals surface area contributed by atoms with Crippen molar-refractivity contribution in [1.82, 2.24) is 49.8 Å². The molecule has 0 saturated carbocycles. The lowest BCUT2D eigenvalue weighted by atomic mass is 10.3. The van der Waals surface area contributed by atoms with Gasteiger partial charge in [-0.15, -0.1) is 0 Å². The number of fused-ring (bicyclic) bond motifs is 4. The third kappa shape index (κ3) is 6.40. The Bertz CT molecular complexity index is 1390. The minimum Gasteiger partial charge on any atom is -0.345 e. The Morgan fingerprint density at radius 3 is 1.19 bits per heavy atom. The number of imidazole rings is 4. The van der Waals surface area contributed by atoms with Gasteiger partial charge in [0.15, 0.2) is 11.3 Å². The van der Waals surface area contributed by atoms with Gasteiger partial charge < -0.3 is 19.9 Å². The lowest BCUT2D eigenvalue weighted by Crippen LogP contribution is -1.71. The number of aromatic amines is 4. The van der Waals surface area contributed by atoms with Gasteiger partial charge in [-0.05, 0) is 48.5 Å². The van der Waals surface area contributed by atoms with Crippen LogP contribution in [0, 0.1) is 0 Å². The molecule has 0 aliphatic rings. The van der Waals surface area contributed by atoms with E-state index in [2.05, 4.69) is 49.8 Å². The molecule has 4 N–H and O–H groups in total. The topological polar surface area (TPSA) is 140 Å². The van der Waals surface area contributed by atoms with Crippen LogP contribution < -0.4 is 0 Å². The van der Waals surface area contributed by atoms with E-state index in [0.717, 1.165) is 44.4 Å². The molecule has 6 heterocycles. The summed E-state index contributed by atoms with van der Waals surface area (Å²) in [6.45, 7) is 0. The van der Waals surface area contributed by atoms with Gasteiger partial charge >= 0.3 is 0 Å². The first-order chi connectivity index (χ1) is 17.9. The fourth-order valence-electron chi connectivity index (χ4n) is 3.31. The fourth-order valence-corrected chi connectivity index (χ4v) is 3.31. The number of rotatable bonds is 0. The summed E-state index contributed by atoms with van der Waals surface area (Å²) in [6.07, 6.45) is 10.1. The van der Waals surface area contributed by atoms with E-state index in [4.69, 9.17) is 0 Å². The Balaban J connectivity index is 0.000000114. The number of hydrogen-bond donors (Lipinski definition) is 4. The highest BCUT2D eigenvalue weighted by molar-refractivity contribution is 5.74. The molecule has 0 spiro atoms. The summed E-state index contributed by atoms with van der Waals surface area (Å²) in [4.78, 5) is 35.9. The molecule has 0 atom stereocenters. The lowest BCUT2D eigenvalue weighted by molar-refractivity contribution is 1.30. The summed E-state index contributed by atoms with van der Waals surface area (Å²) >= 11 is 0. The van der Waals surface area contributed by atoms with Crippen LogP contribution in [0.15, 0.2) is 110 Å². The predicted octanol–water partition coefficient (Wildman–Crippen LogP) is 5.68. The second-order valence-corrected chi connectivity index (χ2v) is 7.39. The van der Waals surface area contributed by atoms with E-state index in [0.29, 0.717) is 0 Å². The number of aromatic nitrogens is 10. The Kier molecular flexibility index (Phi) is 8.26. The Morgan fingerprint density at radius 1 is 0.378 bits per heavy atom. The zero-order valence-electron chi connectivity index (χ0n) is 19.1. The van der Waals surface area contributed by atoms with Gasteiger partial charge in [0.05, 0.1) is 58.4 Å². The fraction of sp³-hybridized carbons (Fsp3) is 0.0370. The van der Waals surface area contributed by atoms with Gasteiger partial charge in [-0.25, -0.2) is 29.9 Å². The average Bonchev–Trinajstić information content (AvgIpc) is 3.76. The van der Waals surface area contributed by atoms with Gasteiger partial charge in [0.25, 0.3) is 0 Å². The van der Waals surface area contributed by atoms with Crippen LogP contribution in [-0.4, -0.2) is 49.8 Å². The van der Waals surface area contributed by atoms with Crippen LogP contribution in [-0.2, 0) is 0 Å². The number of hydrogen-bond acceptors (Lipinski definition) is 6. The molecule has 8 rings (SSSR count). The van der Waals surface area contributed by atoms with Crippen molar-refractivity contribution < 1.29 is 0 Å². The Labute approximate surface area is 212 Å². The van der Waals surface area contributed by atoms with E-state index in [-0.39, 0.29) is 7.43 Å². The van der Waals surface area contributed by atoms with Crippen molar-refractivity contribution in [1.29, 1.82) is 0 Å². The monoisotopic (exact) mass is 490 g/mol. The summed E-state index contributed by atoms with van der Waals surface area (Å²) in [5.41, 5.74) is 7.76. The number of benzene rings is 2. The zero-order chi connectivity index (χ0) is 24.4. The molecule has 0 radical (unpaired) electrons. The van der Waals surface area contributed by atoms with Crippen molar-refractivity contribution >= 4 is 44.4 Å². The van der Waals surface area contributed by atoms with Crippen LogP contribution in [0.4, 0.5) is 0 Å². The van der Waals surface area contributed by atoms with Crippen molar-refractivity contribution in [3.8, 4) is 0 Å². The number of para-hydroxylation sites is 4. The SMILES string of the molecule is C.c1ccc2[nH]cnc2c1.c1ccc2[nH]cnc2c1.c1cnc2nc[nH]c2c1.c1cnc2nc[nH]c2c1. The molecule has 10 heteroatoms. The van der Waals surface area contributed by atoms with Crippen molar-refractivity contribution in [2.75, 3.05) is 0 Å². The smallest absolute Gasteiger partial charge is 0.177 e. The number of nitrogens with zero attached hydrogens (tertiary/aromatic N) is 6. The first-order valence-electron chi connectivity index (χ1n) is 11.1. The number of pyridine rings is 2. The molecule has 2 aromatic carbocycles. The molecule has 0 unspecified atom stereocenters. The average molecular weight is 491 g/mol. The molecule has 8 aromatic rings. The van der Waals surface area contributed by atoms with Crippen LogP contribution >= 0.6 is 0 Å². The molecule has 10 nitrogen and oxygen atoms in total. The van der Waals surface area contributed by atoms with E-state index in [1.807, 2.05) is 72.8 Å². The van der Waals surface area contributed by atoms with Crippen LogP contribution in [0.25, 0.3) is 44.4 Å². The van der Waals surface area contributed by atoms with Crippen LogP contribution in [0.1, 0.15) is 7.43 Å². The van der Waals surface area contributed by atoms with Crippen molar-refractivity contribution in [3.63, 3.8) is 0 Å². The maximum atomic E-state index is 4.06. The second-order valence-electron chi connectivity index (χ2n) is 7.39. The van der Waals surface area contributed by atoms with Gasteiger partial charge in [-0.1, -0.05) is 31.7 Å². The zero-order valence-corrected chi connectivity index (χ0v) is 19.1. The predicted molar refractivity (Wildman–Crippen MR) is 147 cm³/mol. The minimum atomic E-state index is 0. The number of H-pyrrole nitrogens is 4. The Morgan fingerprint density at radius 2 is 0.757 bits per heavy atom. The Hall–Kier alpha value is -5.38. The molecular weight excluding hydrogens is 464 g/mol. The molecule has 0 aliphatic carbocycles. The first-order valence-corrected chi connectivity index (χ1v) is 11.1. The molecule has 37 heavy (non-hydrogen) atoms. The molecule has 0 amide bonds. The van der Waals surface area contributed by atoms with Crippen molar-refractivity contribution in [2.45, 2.75) is 7.43 Å². The van der Waals surface area contributed by atoms with Crippen LogP contribution in [0.2, 0.25) is 0 Å². The normalized spacial score (nSPS) is 9.95. The third-order valence-corrected chi connectivity index (χ3v) is 5.04. The van der Waals surface area contributed by atoms with Crippen LogP contribution in [0.3, 0.4) is 0 Å². The van der Waals surface area contributed by atoms with Gasteiger partial charge in [-0.3, -0.25) is 0 Å².